The van der Waals surface area contributed by atoms with Crippen molar-refractivity contribution in [2.75, 3.05) is 14.2 Å². The quantitative estimate of drug-likeness (QED) is 0.833. The van der Waals surface area contributed by atoms with Crippen molar-refractivity contribution in [1.82, 2.24) is 4.57 Å². The zero-order chi connectivity index (χ0) is 13.3. The number of ether oxygens (including phenoxy) is 2. The topological polar surface area (TPSA) is 47.2 Å². The van der Waals surface area contributed by atoms with Crippen LogP contribution in [-0.4, -0.2) is 18.8 Å². The van der Waals surface area contributed by atoms with Gasteiger partial charge in [0.05, 0.1) is 37.6 Å². The maximum absolute atomic E-state index is 8.97. The minimum Gasteiger partial charge on any atom is -0.496 e. The monoisotopic (exact) mass is 244 g/mol. The van der Waals surface area contributed by atoms with E-state index in [9.17, 15) is 0 Å². The van der Waals surface area contributed by atoms with E-state index in [1.54, 1.807) is 14.2 Å². The molecule has 1 aromatic heterocycles. The van der Waals surface area contributed by atoms with Crippen LogP contribution < -0.4 is 9.47 Å². The Morgan fingerprint density at radius 1 is 1.22 bits per heavy atom. The van der Waals surface area contributed by atoms with E-state index in [-0.39, 0.29) is 0 Å². The summed E-state index contributed by atoms with van der Waals surface area (Å²) < 4.78 is 12.8. The minimum absolute atomic E-state index is 0.368. The van der Waals surface area contributed by atoms with Crippen molar-refractivity contribution < 1.29 is 9.47 Å². The van der Waals surface area contributed by atoms with E-state index in [0.29, 0.717) is 6.42 Å². The highest BCUT2D eigenvalue weighted by molar-refractivity contribution is 5.95. The lowest BCUT2D eigenvalue weighted by Gasteiger charge is -2.08. The van der Waals surface area contributed by atoms with E-state index < -0.39 is 0 Å². The Hall–Kier alpha value is -2.15. The molecular formula is C14H16N2O2. The number of aromatic nitrogens is 1. The van der Waals surface area contributed by atoms with E-state index in [4.69, 9.17) is 14.7 Å². The molecule has 0 atom stereocenters. The van der Waals surface area contributed by atoms with Crippen molar-refractivity contribution >= 4 is 10.9 Å². The lowest BCUT2D eigenvalue weighted by Crippen LogP contribution is -1.94. The highest BCUT2D eigenvalue weighted by atomic mass is 16.5. The summed E-state index contributed by atoms with van der Waals surface area (Å²) >= 11 is 0. The Kier molecular flexibility index (Phi) is 3.15. The molecule has 0 unspecified atom stereocenters. The van der Waals surface area contributed by atoms with Gasteiger partial charge < -0.3 is 14.0 Å². The standard InChI is InChI=1S/C14H16N2O2/c1-9-10(7-8-15)13-11(17-3)5-6-12(18-4)14(13)16(9)2/h5-6H,7H2,1-4H3. The Labute approximate surface area is 106 Å². The molecule has 4 heteroatoms. The number of nitrogens with zero attached hydrogens (tertiary/aromatic N) is 2. The predicted molar refractivity (Wildman–Crippen MR) is 70.1 cm³/mol. The summed E-state index contributed by atoms with van der Waals surface area (Å²) in [5.74, 6) is 1.57. The van der Waals surface area contributed by atoms with Gasteiger partial charge >= 0.3 is 0 Å². The number of methoxy groups -OCH3 is 2. The molecule has 1 aromatic carbocycles. The van der Waals surface area contributed by atoms with E-state index >= 15 is 0 Å². The summed E-state index contributed by atoms with van der Waals surface area (Å²) in [6.45, 7) is 2.01. The van der Waals surface area contributed by atoms with Gasteiger partial charge in [0.15, 0.2) is 0 Å². The van der Waals surface area contributed by atoms with Gasteiger partial charge in [-0.25, -0.2) is 0 Å². The molecule has 1 heterocycles. The van der Waals surface area contributed by atoms with Crippen molar-refractivity contribution in [3.05, 3.63) is 23.4 Å². The van der Waals surface area contributed by atoms with Crippen molar-refractivity contribution in [2.45, 2.75) is 13.3 Å². The van der Waals surface area contributed by atoms with Crippen molar-refractivity contribution in [3.8, 4) is 17.6 Å². The first-order chi connectivity index (χ1) is 8.65. The van der Waals surface area contributed by atoms with Gasteiger partial charge in [0.2, 0.25) is 0 Å². The molecule has 18 heavy (non-hydrogen) atoms. The third-order valence-corrected chi connectivity index (χ3v) is 3.38. The molecule has 0 amide bonds. The van der Waals surface area contributed by atoms with Crippen LogP contribution in [0.15, 0.2) is 12.1 Å². The van der Waals surface area contributed by atoms with E-state index in [0.717, 1.165) is 33.7 Å². The highest BCUT2D eigenvalue weighted by Crippen LogP contribution is 2.38. The highest BCUT2D eigenvalue weighted by Gasteiger charge is 2.19. The van der Waals surface area contributed by atoms with Crippen LogP contribution in [0.1, 0.15) is 11.3 Å². The number of hydrogen-bond donors (Lipinski definition) is 0. The Morgan fingerprint density at radius 2 is 1.83 bits per heavy atom. The first kappa shape index (κ1) is 12.3. The molecule has 0 N–H and O–H groups in total. The smallest absolute Gasteiger partial charge is 0.143 e. The molecule has 0 saturated carbocycles. The second-order valence-corrected chi connectivity index (χ2v) is 4.15. The molecular weight excluding hydrogens is 228 g/mol. The van der Waals surface area contributed by atoms with Gasteiger partial charge in [-0.15, -0.1) is 0 Å². The first-order valence-electron chi connectivity index (χ1n) is 5.71. The Bertz CT molecular complexity index is 636. The summed E-state index contributed by atoms with van der Waals surface area (Å²) in [4.78, 5) is 0. The molecule has 0 radical (unpaired) electrons. The molecule has 0 bridgehead atoms. The molecule has 94 valence electrons. The third kappa shape index (κ3) is 1.60. The fourth-order valence-electron chi connectivity index (χ4n) is 2.36. The molecule has 0 aliphatic heterocycles. The molecule has 2 rings (SSSR count). The molecule has 2 aromatic rings. The average molecular weight is 244 g/mol. The number of fused-ring (bicyclic) bond motifs is 1. The van der Waals surface area contributed by atoms with Crippen LogP contribution in [-0.2, 0) is 13.5 Å². The summed E-state index contributed by atoms with van der Waals surface area (Å²) in [7, 11) is 5.26. The lowest BCUT2D eigenvalue weighted by molar-refractivity contribution is 0.409. The van der Waals surface area contributed by atoms with E-state index in [2.05, 4.69) is 6.07 Å². The second kappa shape index (κ2) is 4.61. The SMILES string of the molecule is COc1ccc(OC)c2c1c(CC#N)c(C)n2C. The maximum atomic E-state index is 8.97. The average Bonchev–Trinajstić information content (AvgIpc) is 2.64. The molecule has 4 nitrogen and oxygen atoms in total. The van der Waals surface area contributed by atoms with Crippen LogP contribution >= 0.6 is 0 Å². The molecule has 0 spiro atoms. The number of benzene rings is 1. The molecule has 0 fully saturated rings. The van der Waals surface area contributed by atoms with Gasteiger partial charge in [0.1, 0.15) is 11.5 Å². The number of aryl methyl sites for hydroxylation is 1. The van der Waals surface area contributed by atoms with Gasteiger partial charge in [0, 0.05) is 12.7 Å². The first-order valence-corrected chi connectivity index (χ1v) is 5.71. The van der Waals surface area contributed by atoms with Gasteiger partial charge in [-0.1, -0.05) is 0 Å². The number of hydrogen-bond acceptors (Lipinski definition) is 3. The minimum atomic E-state index is 0.368. The molecule has 0 saturated heterocycles. The van der Waals surface area contributed by atoms with Gasteiger partial charge in [0.25, 0.3) is 0 Å². The van der Waals surface area contributed by atoms with Gasteiger partial charge in [-0.2, -0.15) is 5.26 Å². The van der Waals surface area contributed by atoms with Crippen LogP contribution in [0.25, 0.3) is 10.9 Å². The molecule has 0 aliphatic carbocycles. The lowest BCUT2D eigenvalue weighted by atomic mass is 10.1. The van der Waals surface area contributed by atoms with Crippen molar-refractivity contribution in [1.29, 1.82) is 5.26 Å². The largest absolute Gasteiger partial charge is 0.496 e. The van der Waals surface area contributed by atoms with Crippen LogP contribution in [0, 0.1) is 18.3 Å². The van der Waals surface area contributed by atoms with Gasteiger partial charge in [-0.3, -0.25) is 0 Å². The Balaban J connectivity index is 2.93. The summed E-state index contributed by atoms with van der Waals surface area (Å²) in [5.41, 5.74) is 3.04. The third-order valence-electron chi connectivity index (χ3n) is 3.38. The van der Waals surface area contributed by atoms with Crippen LogP contribution in [0.5, 0.6) is 11.5 Å². The van der Waals surface area contributed by atoms with Gasteiger partial charge in [-0.05, 0) is 24.6 Å². The predicted octanol–water partition coefficient (Wildman–Crippen LogP) is 2.57. The van der Waals surface area contributed by atoms with Crippen molar-refractivity contribution in [3.63, 3.8) is 0 Å². The Morgan fingerprint density at radius 3 is 2.39 bits per heavy atom. The van der Waals surface area contributed by atoms with E-state index in [1.165, 1.54) is 0 Å². The number of rotatable bonds is 3. The summed E-state index contributed by atoms with van der Waals surface area (Å²) in [5, 5.41) is 9.94. The zero-order valence-electron chi connectivity index (χ0n) is 11.1. The summed E-state index contributed by atoms with van der Waals surface area (Å²) in [6.07, 6.45) is 0.368. The normalized spacial score (nSPS) is 10.4. The van der Waals surface area contributed by atoms with Crippen LogP contribution in [0.2, 0.25) is 0 Å². The summed E-state index contributed by atoms with van der Waals surface area (Å²) in [6, 6.07) is 5.97. The maximum Gasteiger partial charge on any atom is 0.143 e. The number of nitriles is 1. The second-order valence-electron chi connectivity index (χ2n) is 4.15. The fourth-order valence-corrected chi connectivity index (χ4v) is 2.36. The fraction of sp³-hybridized carbons (Fsp3) is 0.357. The van der Waals surface area contributed by atoms with Crippen LogP contribution in [0.3, 0.4) is 0 Å². The zero-order valence-corrected chi connectivity index (χ0v) is 11.1. The van der Waals surface area contributed by atoms with E-state index in [1.807, 2.05) is 30.7 Å². The van der Waals surface area contributed by atoms with Crippen molar-refractivity contribution in [2.24, 2.45) is 7.05 Å². The molecule has 0 aliphatic rings. The van der Waals surface area contributed by atoms with Crippen LogP contribution in [0.4, 0.5) is 0 Å².